The van der Waals surface area contributed by atoms with E-state index in [4.69, 9.17) is 21.1 Å². The first kappa shape index (κ1) is 25.6. The Morgan fingerprint density at radius 3 is 2.62 bits per heavy atom. The Labute approximate surface area is 232 Å². The van der Waals surface area contributed by atoms with E-state index in [9.17, 15) is 14.0 Å². The fourth-order valence-electron chi connectivity index (χ4n) is 7.64. The fourth-order valence-corrected chi connectivity index (χ4v) is 7.76. The number of likely N-dealkylation sites (tertiary alicyclic amines) is 1. The van der Waals surface area contributed by atoms with E-state index >= 15 is 0 Å². The van der Waals surface area contributed by atoms with Crippen LogP contribution >= 0.6 is 11.6 Å². The Kier molecular flexibility index (Phi) is 6.26. The van der Waals surface area contributed by atoms with Crippen LogP contribution in [0.4, 0.5) is 4.39 Å². The van der Waals surface area contributed by atoms with Gasteiger partial charge in [-0.3, -0.25) is 9.59 Å². The molecule has 1 amide bonds. The van der Waals surface area contributed by atoms with E-state index in [-0.39, 0.29) is 35.3 Å². The van der Waals surface area contributed by atoms with Gasteiger partial charge in [0.05, 0.1) is 24.7 Å². The summed E-state index contributed by atoms with van der Waals surface area (Å²) in [5.41, 5.74) is 2.09. The fraction of sp³-hybridized carbons (Fsp3) is 0.312. The molecule has 0 aromatic heterocycles. The third-order valence-corrected chi connectivity index (χ3v) is 9.50. The number of carbonyl (C=O) groups is 2. The number of benzene rings is 3. The van der Waals surface area contributed by atoms with Crippen LogP contribution in [0.5, 0.6) is 5.75 Å². The van der Waals surface area contributed by atoms with Crippen LogP contribution < -0.4 is 4.74 Å². The maximum Gasteiger partial charge on any atom is 0.314 e. The van der Waals surface area contributed by atoms with E-state index in [1.807, 2.05) is 42.5 Å². The Hall–Kier alpha value is -3.64. The van der Waals surface area contributed by atoms with Crippen molar-refractivity contribution < 1.29 is 23.5 Å². The average molecular weight is 546 g/mol. The first-order valence-electron chi connectivity index (χ1n) is 13.1. The van der Waals surface area contributed by atoms with Gasteiger partial charge in [-0.25, -0.2) is 4.39 Å². The second-order valence-corrected chi connectivity index (χ2v) is 11.1. The van der Waals surface area contributed by atoms with Crippen molar-refractivity contribution in [3.8, 4) is 5.75 Å². The Morgan fingerprint density at radius 2 is 1.85 bits per heavy atom. The van der Waals surface area contributed by atoms with Gasteiger partial charge in [0.2, 0.25) is 5.91 Å². The standard InChI is InChI=1S/C32H29ClFNO4/c1-38-27-10-6-3-7-20(27)11-14-29(36)35-18-28-31(21-12-13-25(33)26(34)17-21)16-15-24(22-8-4-5-9-23(22)31)32(28,19-35)30(37)39-2/h3-14,17,24,28H,15-16,18-19H2,1-2H3/b14-11+/t24-,28-,31-,32-/m0/s1. The highest BCUT2D eigenvalue weighted by Crippen LogP contribution is 2.69. The number of hydrogen-bond donors (Lipinski definition) is 0. The molecule has 3 aliphatic carbocycles. The lowest BCUT2D eigenvalue weighted by Crippen LogP contribution is -2.60. The summed E-state index contributed by atoms with van der Waals surface area (Å²) >= 11 is 6.08. The molecule has 0 radical (unpaired) electrons. The van der Waals surface area contributed by atoms with Crippen LogP contribution in [-0.2, 0) is 19.7 Å². The van der Waals surface area contributed by atoms with Crippen LogP contribution in [0.25, 0.3) is 6.08 Å². The highest BCUT2D eigenvalue weighted by atomic mass is 35.5. The molecule has 5 nitrogen and oxygen atoms in total. The molecule has 3 aromatic carbocycles. The first-order chi connectivity index (χ1) is 18.9. The zero-order chi connectivity index (χ0) is 27.4. The van der Waals surface area contributed by atoms with Crippen molar-refractivity contribution in [3.05, 3.63) is 106 Å². The van der Waals surface area contributed by atoms with Gasteiger partial charge < -0.3 is 14.4 Å². The molecule has 7 heteroatoms. The minimum atomic E-state index is -0.953. The summed E-state index contributed by atoms with van der Waals surface area (Å²) in [6.45, 7) is 0.579. The molecule has 2 bridgehead atoms. The van der Waals surface area contributed by atoms with Crippen molar-refractivity contribution in [3.63, 3.8) is 0 Å². The van der Waals surface area contributed by atoms with E-state index in [1.165, 1.54) is 19.3 Å². The number of ether oxygens (including phenoxy) is 2. The number of esters is 1. The van der Waals surface area contributed by atoms with Crippen LogP contribution in [0.3, 0.4) is 0 Å². The number of para-hydroxylation sites is 1. The van der Waals surface area contributed by atoms with Crippen molar-refractivity contribution in [1.82, 2.24) is 4.90 Å². The summed E-state index contributed by atoms with van der Waals surface area (Å²) < 4.78 is 25.8. The van der Waals surface area contributed by atoms with Gasteiger partial charge in [-0.2, -0.15) is 0 Å². The molecular weight excluding hydrogens is 517 g/mol. The second-order valence-electron chi connectivity index (χ2n) is 10.7. The summed E-state index contributed by atoms with van der Waals surface area (Å²) in [6.07, 6.45) is 4.73. The molecule has 200 valence electrons. The molecular formula is C32H29ClFNO4. The molecule has 4 aliphatic rings. The average Bonchev–Trinajstić information content (AvgIpc) is 3.41. The summed E-state index contributed by atoms with van der Waals surface area (Å²) in [5, 5.41) is 0.0527. The molecule has 3 aromatic rings. The predicted molar refractivity (Wildman–Crippen MR) is 147 cm³/mol. The van der Waals surface area contributed by atoms with Crippen molar-refractivity contribution in [2.45, 2.75) is 24.2 Å². The van der Waals surface area contributed by atoms with Crippen LogP contribution in [0.1, 0.15) is 41.0 Å². The molecule has 2 fully saturated rings. The number of nitrogens with zero attached hydrogens (tertiary/aromatic N) is 1. The lowest BCUT2D eigenvalue weighted by Gasteiger charge is -2.59. The van der Waals surface area contributed by atoms with Gasteiger partial charge in [0, 0.05) is 42.0 Å². The third kappa shape index (κ3) is 3.64. The zero-order valence-electron chi connectivity index (χ0n) is 21.8. The largest absolute Gasteiger partial charge is 0.496 e. The minimum Gasteiger partial charge on any atom is -0.496 e. The van der Waals surface area contributed by atoms with Crippen molar-refractivity contribution in [2.24, 2.45) is 11.3 Å². The van der Waals surface area contributed by atoms with Crippen molar-refractivity contribution >= 4 is 29.6 Å². The van der Waals surface area contributed by atoms with Crippen LogP contribution in [0, 0.1) is 17.2 Å². The summed E-state index contributed by atoms with van der Waals surface area (Å²) in [5.74, 6) is -0.756. The highest BCUT2D eigenvalue weighted by molar-refractivity contribution is 6.30. The first-order valence-corrected chi connectivity index (χ1v) is 13.5. The van der Waals surface area contributed by atoms with Crippen LogP contribution in [-0.4, -0.2) is 44.1 Å². The van der Waals surface area contributed by atoms with Crippen LogP contribution in [0.15, 0.2) is 72.8 Å². The highest BCUT2D eigenvalue weighted by Gasteiger charge is 2.71. The van der Waals surface area contributed by atoms with E-state index < -0.39 is 16.6 Å². The SMILES string of the molecule is COC(=O)[C@]12CN(C(=O)/C=C/c3ccccc3OC)C[C@H]1[C@]1(c3ccc(Cl)c(F)c3)CC[C@H]2c2ccccc21. The van der Waals surface area contributed by atoms with E-state index in [0.29, 0.717) is 12.3 Å². The normalized spacial score (nSPS) is 26.8. The number of carbonyl (C=O) groups excluding carboxylic acids is 2. The topological polar surface area (TPSA) is 55.8 Å². The van der Waals surface area contributed by atoms with Crippen molar-refractivity contribution in [1.29, 1.82) is 0 Å². The van der Waals surface area contributed by atoms with Gasteiger partial charge in [-0.15, -0.1) is 0 Å². The summed E-state index contributed by atoms with van der Waals surface area (Å²) in [7, 11) is 3.00. The molecule has 4 atom stereocenters. The zero-order valence-corrected chi connectivity index (χ0v) is 22.6. The number of fused-ring (bicyclic) bond motifs is 1. The number of rotatable bonds is 5. The lowest BCUT2D eigenvalue weighted by molar-refractivity contribution is -0.161. The van der Waals surface area contributed by atoms with E-state index in [2.05, 4.69) is 12.1 Å². The number of halogens is 2. The minimum absolute atomic E-state index is 0.0527. The molecule has 0 N–H and O–H groups in total. The maximum atomic E-state index is 14.9. The molecule has 1 heterocycles. The molecule has 7 rings (SSSR count). The molecule has 1 saturated carbocycles. The van der Waals surface area contributed by atoms with Gasteiger partial charge in [0.1, 0.15) is 11.6 Å². The van der Waals surface area contributed by atoms with Crippen molar-refractivity contribution in [2.75, 3.05) is 27.3 Å². The monoisotopic (exact) mass is 545 g/mol. The van der Waals surface area contributed by atoms with Gasteiger partial charge >= 0.3 is 5.97 Å². The Morgan fingerprint density at radius 1 is 1.08 bits per heavy atom. The predicted octanol–water partition coefficient (Wildman–Crippen LogP) is 6.00. The number of hydrogen-bond acceptors (Lipinski definition) is 4. The quantitative estimate of drug-likeness (QED) is 0.292. The van der Waals surface area contributed by atoms with E-state index in [1.54, 1.807) is 24.2 Å². The molecule has 1 saturated heterocycles. The van der Waals surface area contributed by atoms with Gasteiger partial charge in [0.15, 0.2) is 0 Å². The number of methoxy groups -OCH3 is 2. The molecule has 1 aliphatic heterocycles. The van der Waals surface area contributed by atoms with Gasteiger partial charge in [-0.05, 0) is 53.8 Å². The van der Waals surface area contributed by atoms with Crippen LogP contribution in [0.2, 0.25) is 5.02 Å². The Balaban J connectivity index is 1.48. The molecule has 39 heavy (non-hydrogen) atoms. The smallest absolute Gasteiger partial charge is 0.314 e. The molecule has 0 spiro atoms. The Bertz CT molecular complexity index is 1500. The van der Waals surface area contributed by atoms with E-state index in [0.717, 1.165) is 35.1 Å². The van der Waals surface area contributed by atoms with Gasteiger partial charge in [0.25, 0.3) is 0 Å². The maximum absolute atomic E-state index is 14.9. The summed E-state index contributed by atoms with van der Waals surface area (Å²) in [6, 6.07) is 20.5. The third-order valence-electron chi connectivity index (χ3n) is 9.19. The lowest BCUT2D eigenvalue weighted by atomic mass is 9.42. The molecule has 0 unspecified atom stereocenters. The number of amides is 1. The van der Waals surface area contributed by atoms with Gasteiger partial charge in [-0.1, -0.05) is 60.1 Å². The summed E-state index contributed by atoms with van der Waals surface area (Å²) in [4.78, 5) is 29.2. The second kappa shape index (κ2) is 9.53.